The number of carbonyl (C=O) groups is 1. The summed E-state index contributed by atoms with van der Waals surface area (Å²) in [6.45, 7) is 3.86. The summed E-state index contributed by atoms with van der Waals surface area (Å²) in [5, 5.41) is 2.87. The third-order valence-electron chi connectivity index (χ3n) is 3.57. The van der Waals surface area contributed by atoms with Gasteiger partial charge in [-0.05, 0) is 38.1 Å². The van der Waals surface area contributed by atoms with Gasteiger partial charge in [-0.25, -0.2) is 4.98 Å². The normalized spacial score (nSPS) is 10.5. The molecule has 4 nitrogen and oxygen atoms in total. The van der Waals surface area contributed by atoms with E-state index in [1.165, 1.54) is 0 Å². The van der Waals surface area contributed by atoms with Crippen LogP contribution in [0.2, 0.25) is 0 Å². The molecule has 0 bridgehead atoms. The highest BCUT2D eigenvalue weighted by atomic mass is 16.4. The largest absolute Gasteiger partial charge is 0.440 e. The lowest BCUT2D eigenvalue weighted by Gasteiger charge is -2.04. The summed E-state index contributed by atoms with van der Waals surface area (Å²) in [6.07, 6.45) is 0.166. The smallest absolute Gasteiger partial charge is 0.232 e. The maximum absolute atomic E-state index is 12.2. The van der Waals surface area contributed by atoms with Crippen molar-refractivity contribution < 1.29 is 9.21 Å². The highest BCUT2D eigenvalue weighted by Gasteiger charge is 2.14. The number of aryl methyl sites for hydroxylation is 2. The minimum absolute atomic E-state index is 0.118. The molecule has 3 aromatic rings. The van der Waals surface area contributed by atoms with Crippen molar-refractivity contribution in [2.75, 3.05) is 5.32 Å². The first kappa shape index (κ1) is 15.0. The van der Waals surface area contributed by atoms with E-state index in [0.29, 0.717) is 11.7 Å². The fourth-order valence-electron chi connectivity index (χ4n) is 2.28. The first-order valence-corrected chi connectivity index (χ1v) is 7.50. The average molecular weight is 306 g/mol. The molecule has 2 aromatic carbocycles. The molecule has 1 aromatic heterocycles. The van der Waals surface area contributed by atoms with Gasteiger partial charge < -0.3 is 9.73 Å². The Balaban J connectivity index is 1.71. The molecule has 0 spiro atoms. The predicted octanol–water partition coefficient (Wildman–Crippen LogP) is 4.14. The van der Waals surface area contributed by atoms with Crippen LogP contribution in [0.4, 0.5) is 5.69 Å². The number of rotatable bonds is 4. The lowest BCUT2D eigenvalue weighted by atomic mass is 10.2. The van der Waals surface area contributed by atoms with Crippen LogP contribution < -0.4 is 5.32 Å². The van der Waals surface area contributed by atoms with Gasteiger partial charge in [-0.2, -0.15) is 0 Å². The maximum atomic E-state index is 12.2. The topological polar surface area (TPSA) is 55.1 Å². The third kappa shape index (κ3) is 3.66. The standard InChI is InChI=1S/C19H18N2O2/c1-13-8-10-16(11-9-13)21-18(22)12-17-14(2)20-19(23-17)15-6-4-3-5-7-15/h3-11H,12H2,1-2H3,(H,21,22). The number of nitrogens with zero attached hydrogens (tertiary/aromatic N) is 1. The van der Waals surface area contributed by atoms with Gasteiger partial charge in [-0.1, -0.05) is 35.9 Å². The van der Waals surface area contributed by atoms with E-state index >= 15 is 0 Å². The van der Waals surface area contributed by atoms with Gasteiger partial charge in [0.1, 0.15) is 5.76 Å². The minimum Gasteiger partial charge on any atom is -0.440 e. The molecule has 116 valence electrons. The molecule has 0 unspecified atom stereocenters. The molecule has 23 heavy (non-hydrogen) atoms. The van der Waals surface area contributed by atoms with Crippen LogP contribution in [0.5, 0.6) is 0 Å². The second-order valence-electron chi connectivity index (χ2n) is 5.48. The maximum Gasteiger partial charge on any atom is 0.232 e. The molecule has 0 aliphatic rings. The monoisotopic (exact) mass is 306 g/mol. The van der Waals surface area contributed by atoms with E-state index < -0.39 is 0 Å². The number of hydrogen-bond donors (Lipinski definition) is 1. The van der Waals surface area contributed by atoms with E-state index in [1.807, 2.05) is 68.4 Å². The fraction of sp³-hybridized carbons (Fsp3) is 0.158. The van der Waals surface area contributed by atoms with Gasteiger partial charge in [0.25, 0.3) is 0 Å². The second-order valence-corrected chi connectivity index (χ2v) is 5.48. The summed E-state index contributed by atoms with van der Waals surface area (Å²) in [4.78, 5) is 16.6. The van der Waals surface area contributed by atoms with Crippen molar-refractivity contribution in [3.05, 3.63) is 71.6 Å². The van der Waals surface area contributed by atoms with Crippen molar-refractivity contribution in [2.45, 2.75) is 20.3 Å². The van der Waals surface area contributed by atoms with Crippen molar-refractivity contribution in [1.82, 2.24) is 4.98 Å². The molecule has 0 saturated carbocycles. The van der Waals surface area contributed by atoms with Crippen LogP contribution >= 0.6 is 0 Å². The zero-order valence-electron chi connectivity index (χ0n) is 13.2. The Morgan fingerprint density at radius 1 is 1.04 bits per heavy atom. The summed E-state index contributed by atoms with van der Waals surface area (Å²) in [6, 6.07) is 17.4. The molecule has 0 aliphatic heterocycles. The first-order valence-electron chi connectivity index (χ1n) is 7.50. The molecule has 0 saturated heterocycles. The first-order chi connectivity index (χ1) is 11.1. The summed E-state index contributed by atoms with van der Waals surface area (Å²) in [7, 11) is 0. The lowest BCUT2D eigenvalue weighted by Crippen LogP contribution is -2.14. The van der Waals surface area contributed by atoms with Crippen molar-refractivity contribution in [3.63, 3.8) is 0 Å². The Labute approximate surface area is 135 Å². The second kappa shape index (κ2) is 6.48. The number of oxazole rings is 1. The van der Waals surface area contributed by atoms with Gasteiger partial charge in [0, 0.05) is 11.3 Å². The van der Waals surface area contributed by atoms with Crippen molar-refractivity contribution >= 4 is 11.6 Å². The number of amides is 1. The molecule has 0 fully saturated rings. The van der Waals surface area contributed by atoms with Crippen LogP contribution in [0.15, 0.2) is 59.0 Å². The molecule has 1 N–H and O–H groups in total. The Kier molecular flexibility index (Phi) is 4.24. The molecule has 0 atom stereocenters. The number of carbonyl (C=O) groups excluding carboxylic acids is 1. The van der Waals surface area contributed by atoms with Gasteiger partial charge in [0.2, 0.25) is 11.8 Å². The molecular weight excluding hydrogens is 288 g/mol. The van der Waals surface area contributed by atoms with Crippen molar-refractivity contribution in [2.24, 2.45) is 0 Å². The molecule has 4 heteroatoms. The highest BCUT2D eigenvalue weighted by molar-refractivity contribution is 5.92. The number of benzene rings is 2. The van der Waals surface area contributed by atoms with E-state index in [-0.39, 0.29) is 12.3 Å². The zero-order chi connectivity index (χ0) is 16.2. The molecule has 0 radical (unpaired) electrons. The van der Waals surface area contributed by atoms with Crippen LogP contribution in [0, 0.1) is 13.8 Å². The quantitative estimate of drug-likeness (QED) is 0.788. The number of hydrogen-bond acceptors (Lipinski definition) is 3. The van der Waals surface area contributed by atoms with E-state index in [4.69, 9.17) is 4.42 Å². The van der Waals surface area contributed by atoms with Gasteiger partial charge >= 0.3 is 0 Å². The van der Waals surface area contributed by atoms with E-state index in [2.05, 4.69) is 10.3 Å². The van der Waals surface area contributed by atoms with E-state index in [9.17, 15) is 4.79 Å². The Morgan fingerprint density at radius 3 is 2.43 bits per heavy atom. The Hall–Kier alpha value is -2.88. The highest BCUT2D eigenvalue weighted by Crippen LogP contribution is 2.22. The summed E-state index contributed by atoms with van der Waals surface area (Å²) in [5.74, 6) is 1.02. The predicted molar refractivity (Wildman–Crippen MR) is 90.2 cm³/mol. The molecule has 1 heterocycles. The molecule has 0 aliphatic carbocycles. The van der Waals surface area contributed by atoms with Crippen LogP contribution in [-0.2, 0) is 11.2 Å². The van der Waals surface area contributed by atoms with Gasteiger partial charge in [0.05, 0.1) is 12.1 Å². The van der Waals surface area contributed by atoms with Crippen LogP contribution in [0.25, 0.3) is 11.5 Å². The number of nitrogens with one attached hydrogen (secondary N) is 1. The van der Waals surface area contributed by atoms with Crippen molar-refractivity contribution in [3.8, 4) is 11.5 Å². The summed E-state index contributed by atoms with van der Waals surface area (Å²) >= 11 is 0. The average Bonchev–Trinajstić information content (AvgIpc) is 2.91. The Bertz CT molecular complexity index is 805. The van der Waals surface area contributed by atoms with Crippen LogP contribution in [0.3, 0.4) is 0 Å². The van der Waals surface area contributed by atoms with E-state index in [1.54, 1.807) is 0 Å². The van der Waals surface area contributed by atoms with Crippen LogP contribution in [0.1, 0.15) is 17.0 Å². The molecule has 3 rings (SSSR count). The Morgan fingerprint density at radius 2 is 1.74 bits per heavy atom. The lowest BCUT2D eigenvalue weighted by molar-refractivity contribution is -0.115. The summed E-state index contributed by atoms with van der Waals surface area (Å²) in [5.41, 5.74) is 3.58. The van der Waals surface area contributed by atoms with Crippen molar-refractivity contribution in [1.29, 1.82) is 0 Å². The van der Waals surface area contributed by atoms with Gasteiger partial charge in [-0.3, -0.25) is 4.79 Å². The number of anilines is 1. The molecule has 1 amide bonds. The van der Waals surface area contributed by atoms with E-state index in [0.717, 1.165) is 22.5 Å². The van der Waals surface area contributed by atoms with Crippen LogP contribution in [-0.4, -0.2) is 10.9 Å². The third-order valence-corrected chi connectivity index (χ3v) is 3.57. The fourth-order valence-corrected chi connectivity index (χ4v) is 2.28. The minimum atomic E-state index is -0.118. The zero-order valence-corrected chi connectivity index (χ0v) is 13.2. The molecular formula is C19H18N2O2. The number of aromatic nitrogens is 1. The summed E-state index contributed by atoms with van der Waals surface area (Å²) < 4.78 is 5.76. The van der Waals surface area contributed by atoms with Gasteiger partial charge in [0.15, 0.2) is 0 Å². The van der Waals surface area contributed by atoms with Gasteiger partial charge in [-0.15, -0.1) is 0 Å². The SMILES string of the molecule is Cc1ccc(NC(=O)Cc2oc(-c3ccccc3)nc2C)cc1.